The van der Waals surface area contributed by atoms with Crippen LogP contribution in [0.15, 0.2) is 0 Å². The molecule has 0 aromatic carbocycles. The summed E-state index contributed by atoms with van der Waals surface area (Å²) < 4.78 is 0. The van der Waals surface area contributed by atoms with E-state index in [2.05, 4.69) is 18.7 Å². The van der Waals surface area contributed by atoms with Gasteiger partial charge in [-0.2, -0.15) is 0 Å². The summed E-state index contributed by atoms with van der Waals surface area (Å²) in [7, 11) is 0. The van der Waals surface area contributed by atoms with Crippen LogP contribution in [-0.4, -0.2) is 30.6 Å². The molecule has 19 heavy (non-hydrogen) atoms. The van der Waals surface area contributed by atoms with Crippen LogP contribution >= 0.6 is 0 Å². The van der Waals surface area contributed by atoms with E-state index >= 15 is 0 Å². The van der Waals surface area contributed by atoms with Gasteiger partial charge in [0.25, 0.3) is 0 Å². The van der Waals surface area contributed by atoms with E-state index in [1.165, 1.54) is 77.3 Å². The Kier molecular flexibility index (Phi) is 9.54. The third kappa shape index (κ3) is 6.76. The molecule has 0 aliphatic heterocycles. The molecule has 114 valence electrons. The second kappa shape index (κ2) is 10.7. The highest BCUT2D eigenvalue weighted by molar-refractivity contribution is 4.78. The topological polar surface area (TPSA) is 29.3 Å². The molecule has 1 saturated carbocycles. The van der Waals surface area contributed by atoms with E-state index < -0.39 is 0 Å². The van der Waals surface area contributed by atoms with Gasteiger partial charge in [-0.3, -0.25) is 0 Å². The Labute approximate surface area is 121 Å². The van der Waals surface area contributed by atoms with Crippen molar-refractivity contribution < 1.29 is 0 Å². The molecule has 0 heterocycles. The van der Waals surface area contributed by atoms with Crippen molar-refractivity contribution in [3.05, 3.63) is 0 Å². The fraction of sp³-hybridized carbons (Fsp3) is 1.00. The molecule has 2 nitrogen and oxygen atoms in total. The molecule has 0 bridgehead atoms. The lowest BCUT2D eigenvalue weighted by molar-refractivity contribution is 0.127. The van der Waals surface area contributed by atoms with Crippen molar-refractivity contribution in [1.82, 2.24) is 4.90 Å². The minimum atomic E-state index is 0.842. The van der Waals surface area contributed by atoms with Crippen LogP contribution in [0.5, 0.6) is 0 Å². The quantitative estimate of drug-likeness (QED) is 0.644. The summed E-state index contributed by atoms with van der Waals surface area (Å²) in [6, 6.07) is 0.857. The largest absolute Gasteiger partial charge is 0.330 e. The third-order valence-corrected chi connectivity index (χ3v) is 4.78. The summed E-state index contributed by atoms with van der Waals surface area (Å²) in [5.74, 6) is 0.902. The van der Waals surface area contributed by atoms with Crippen LogP contribution < -0.4 is 5.73 Å². The van der Waals surface area contributed by atoms with Crippen LogP contribution in [0, 0.1) is 5.92 Å². The molecular formula is C17H36N2. The Morgan fingerprint density at radius 1 is 1.11 bits per heavy atom. The second-order valence-electron chi connectivity index (χ2n) is 6.35. The molecule has 2 N–H and O–H groups in total. The highest BCUT2D eigenvalue weighted by Crippen LogP contribution is 2.25. The Morgan fingerprint density at radius 2 is 1.84 bits per heavy atom. The smallest absolute Gasteiger partial charge is 0.00953 e. The number of nitrogens with two attached hydrogens (primary N) is 1. The van der Waals surface area contributed by atoms with E-state index in [0.29, 0.717) is 0 Å². The summed E-state index contributed by atoms with van der Waals surface area (Å²) in [4.78, 5) is 2.79. The Bertz CT molecular complexity index is 199. The molecule has 0 saturated heterocycles. The first-order chi connectivity index (χ1) is 9.31. The second-order valence-corrected chi connectivity index (χ2v) is 6.35. The zero-order valence-electron chi connectivity index (χ0n) is 13.4. The van der Waals surface area contributed by atoms with Crippen LogP contribution in [0.2, 0.25) is 0 Å². The predicted molar refractivity (Wildman–Crippen MR) is 85.4 cm³/mol. The van der Waals surface area contributed by atoms with Crippen LogP contribution in [0.25, 0.3) is 0 Å². The first-order valence-electron chi connectivity index (χ1n) is 8.75. The van der Waals surface area contributed by atoms with Gasteiger partial charge in [0.15, 0.2) is 0 Å². The zero-order valence-corrected chi connectivity index (χ0v) is 13.4. The van der Waals surface area contributed by atoms with E-state index in [-0.39, 0.29) is 0 Å². The minimum Gasteiger partial charge on any atom is -0.330 e. The van der Waals surface area contributed by atoms with Crippen molar-refractivity contribution >= 4 is 0 Å². The number of nitrogens with zero attached hydrogens (tertiary/aromatic N) is 1. The summed E-state index contributed by atoms with van der Waals surface area (Å²) in [6.07, 6.45) is 13.8. The van der Waals surface area contributed by atoms with Gasteiger partial charge in [0.2, 0.25) is 0 Å². The van der Waals surface area contributed by atoms with Crippen LogP contribution in [0.1, 0.15) is 78.1 Å². The van der Waals surface area contributed by atoms with Gasteiger partial charge in [-0.15, -0.1) is 0 Å². The molecule has 1 fully saturated rings. The fourth-order valence-corrected chi connectivity index (χ4v) is 3.41. The van der Waals surface area contributed by atoms with Gasteiger partial charge in [-0.25, -0.2) is 0 Å². The third-order valence-electron chi connectivity index (χ3n) is 4.78. The van der Waals surface area contributed by atoms with E-state index in [0.717, 1.165) is 18.5 Å². The summed E-state index contributed by atoms with van der Waals surface area (Å²) in [6.45, 7) is 8.06. The van der Waals surface area contributed by atoms with Crippen molar-refractivity contribution in [3.8, 4) is 0 Å². The van der Waals surface area contributed by atoms with Crippen LogP contribution in [0.4, 0.5) is 0 Å². The summed E-state index contributed by atoms with van der Waals surface area (Å²) in [5.41, 5.74) is 5.72. The van der Waals surface area contributed by atoms with Crippen molar-refractivity contribution in [1.29, 1.82) is 0 Å². The molecule has 1 unspecified atom stereocenters. The molecule has 0 amide bonds. The Hall–Kier alpha value is -0.0800. The molecule has 0 aromatic rings. The lowest BCUT2D eigenvalue weighted by atomic mass is 9.92. The Balaban J connectivity index is 2.45. The van der Waals surface area contributed by atoms with Crippen molar-refractivity contribution in [2.24, 2.45) is 11.7 Å². The summed E-state index contributed by atoms with van der Waals surface area (Å²) >= 11 is 0. The van der Waals surface area contributed by atoms with Gasteiger partial charge in [0.05, 0.1) is 0 Å². The standard InChI is InChI=1S/C17H36N2/c1-3-5-10-16(4-2)15-19(14-9-13-18)17-11-7-6-8-12-17/h16-17H,3-15,18H2,1-2H3. The normalized spacial score (nSPS) is 18.9. The molecule has 1 rings (SSSR count). The number of hydrogen-bond acceptors (Lipinski definition) is 2. The molecule has 1 atom stereocenters. The van der Waals surface area contributed by atoms with E-state index in [1.807, 2.05) is 0 Å². The molecule has 0 radical (unpaired) electrons. The highest BCUT2D eigenvalue weighted by atomic mass is 15.2. The van der Waals surface area contributed by atoms with E-state index in [9.17, 15) is 0 Å². The lowest BCUT2D eigenvalue weighted by Gasteiger charge is -2.36. The molecule has 0 spiro atoms. The van der Waals surface area contributed by atoms with Crippen molar-refractivity contribution in [2.75, 3.05) is 19.6 Å². The van der Waals surface area contributed by atoms with Gasteiger partial charge < -0.3 is 10.6 Å². The average Bonchev–Trinajstić information content (AvgIpc) is 2.47. The highest BCUT2D eigenvalue weighted by Gasteiger charge is 2.22. The van der Waals surface area contributed by atoms with Gasteiger partial charge in [-0.05, 0) is 44.7 Å². The first kappa shape index (κ1) is 17.0. The average molecular weight is 268 g/mol. The first-order valence-corrected chi connectivity index (χ1v) is 8.75. The minimum absolute atomic E-state index is 0.842. The van der Waals surface area contributed by atoms with E-state index in [1.54, 1.807) is 0 Å². The van der Waals surface area contributed by atoms with Crippen molar-refractivity contribution in [2.45, 2.75) is 84.1 Å². The zero-order chi connectivity index (χ0) is 13.9. The van der Waals surface area contributed by atoms with Crippen LogP contribution in [-0.2, 0) is 0 Å². The monoisotopic (exact) mass is 268 g/mol. The maximum atomic E-state index is 5.72. The van der Waals surface area contributed by atoms with Gasteiger partial charge in [0.1, 0.15) is 0 Å². The lowest BCUT2D eigenvalue weighted by Crippen LogP contribution is -2.41. The van der Waals surface area contributed by atoms with Crippen molar-refractivity contribution in [3.63, 3.8) is 0 Å². The number of unbranched alkanes of at least 4 members (excludes halogenated alkanes) is 1. The number of hydrogen-bond donors (Lipinski definition) is 1. The van der Waals surface area contributed by atoms with Crippen LogP contribution in [0.3, 0.4) is 0 Å². The molecular weight excluding hydrogens is 232 g/mol. The fourth-order valence-electron chi connectivity index (χ4n) is 3.41. The maximum Gasteiger partial charge on any atom is 0.00953 e. The van der Waals surface area contributed by atoms with Gasteiger partial charge in [0, 0.05) is 12.6 Å². The maximum absolute atomic E-state index is 5.72. The summed E-state index contributed by atoms with van der Waals surface area (Å²) in [5, 5.41) is 0. The molecule has 2 heteroatoms. The molecule has 0 aromatic heterocycles. The van der Waals surface area contributed by atoms with Gasteiger partial charge >= 0.3 is 0 Å². The SMILES string of the molecule is CCCCC(CC)CN(CCCN)C1CCCCC1. The predicted octanol–water partition coefficient (Wildman–Crippen LogP) is 4.19. The molecule has 1 aliphatic rings. The Morgan fingerprint density at radius 3 is 2.42 bits per heavy atom. The molecule has 1 aliphatic carbocycles. The number of rotatable bonds is 10. The van der Waals surface area contributed by atoms with E-state index in [4.69, 9.17) is 5.73 Å². The van der Waals surface area contributed by atoms with Gasteiger partial charge in [-0.1, -0.05) is 52.4 Å².